The molecule has 0 N–H and O–H groups in total. The molecule has 6 heteroatoms. The SMILES string of the molecule is Cc1ncn2c1Cn1nc(CCC(C)C)nc1-c1c(F)cccc1-2. The van der Waals surface area contributed by atoms with Crippen molar-refractivity contribution >= 4 is 0 Å². The molecular formula is C18H20FN5. The van der Waals surface area contributed by atoms with Gasteiger partial charge in [-0.3, -0.25) is 0 Å². The van der Waals surface area contributed by atoms with E-state index in [4.69, 9.17) is 0 Å². The van der Waals surface area contributed by atoms with Gasteiger partial charge in [0.25, 0.3) is 0 Å². The van der Waals surface area contributed by atoms with E-state index in [2.05, 4.69) is 28.9 Å². The number of rotatable bonds is 3. The van der Waals surface area contributed by atoms with Crippen molar-refractivity contribution in [3.05, 3.63) is 47.6 Å². The molecule has 1 aliphatic heterocycles. The number of aromatic nitrogens is 5. The summed E-state index contributed by atoms with van der Waals surface area (Å²) in [4.78, 5) is 9.04. The number of hydrogen-bond acceptors (Lipinski definition) is 3. The molecule has 0 saturated carbocycles. The van der Waals surface area contributed by atoms with Crippen LogP contribution in [0.1, 0.15) is 37.5 Å². The summed E-state index contributed by atoms with van der Waals surface area (Å²) in [6.45, 7) is 6.87. The summed E-state index contributed by atoms with van der Waals surface area (Å²) < 4.78 is 18.4. The van der Waals surface area contributed by atoms with E-state index in [-0.39, 0.29) is 5.82 Å². The standard InChI is InChI=1S/C18H20FN5/c1-11(2)7-8-16-21-18-17-13(19)5-4-6-14(17)23-10-20-12(3)15(23)9-24(18)22-16/h4-6,10-11H,7-9H2,1-3H3. The van der Waals surface area contributed by atoms with E-state index in [0.717, 1.165) is 35.7 Å². The number of aryl methyl sites for hydroxylation is 2. The molecule has 0 spiro atoms. The van der Waals surface area contributed by atoms with Crippen LogP contribution in [0.2, 0.25) is 0 Å². The minimum Gasteiger partial charge on any atom is -0.300 e. The number of hydrogen-bond donors (Lipinski definition) is 0. The monoisotopic (exact) mass is 325 g/mol. The summed E-state index contributed by atoms with van der Waals surface area (Å²) in [5, 5.41) is 4.64. The third-order valence-electron chi connectivity index (χ3n) is 4.51. The van der Waals surface area contributed by atoms with Crippen molar-refractivity contribution in [3.63, 3.8) is 0 Å². The second-order valence-corrected chi connectivity index (χ2v) is 6.72. The van der Waals surface area contributed by atoms with Crippen molar-refractivity contribution in [1.29, 1.82) is 0 Å². The Labute approximate surface area is 140 Å². The maximum Gasteiger partial charge on any atom is 0.163 e. The van der Waals surface area contributed by atoms with Gasteiger partial charge in [0.2, 0.25) is 0 Å². The average molecular weight is 325 g/mol. The van der Waals surface area contributed by atoms with Crippen LogP contribution in [0.3, 0.4) is 0 Å². The lowest BCUT2D eigenvalue weighted by Gasteiger charge is -2.09. The molecule has 4 rings (SSSR count). The predicted octanol–water partition coefficient (Wildman–Crippen LogP) is 3.53. The molecule has 3 heterocycles. The van der Waals surface area contributed by atoms with Gasteiger partial charge in [0.1, 0.15) is 5.82 Å². The van der Waals surface area contributed by atoms with E-state index >= 15 is 0 Å². The Kier molecular flexibility index (Phi) is 3.48. The van der Waals surface area contributed by atoms with Gasteiger partial charge >= 0.3 is 0 Å². The molecule has 0 atom stereocenters. The predicted molar refractivity (Wildman–Crippen MR) is 89.5 cm³/mol. The van der Waals surface area contributed by atoms with E-state index in [1.54, 1.807) is 12.4 Å². The third kappa shape index (κ3) is 2.33. The molecule has 5 nitrogen and oxygen atoms in total. The minimum absolute atomic E-state index is 0.282. The summed E-state index contributed by atoms with van der Waals surface area (Å²) in [6, 6.07) is 5.10. The highest BCUT2D eigenvalue weighted by Crippen LogP contribution is 2.33. The Bertz CT molecular complexity index is 906. The number of fused-ring (bicyclic) bond motifs is 5. The summed E-state index contributed by atoms with van der Waals surface area (Å²) >= 11 is 0. The molecule has 0 fully saturated rings. The van der Waals surface area contributed by atoms with Crippen molar-refractivity contribution in [2.45, 2.75) is 40.2 Å². The Morgan fingerprint density at radius 1 is 1.29 bits per heavy atom. The van der Waals surface area contributed by atoms with Crippen molar-refractivity contribution in [3.8, 4) is 17.1 Å². The van der Waals surface area contributed by atoms with Gasteiger partial charge in [0, 0.05) is 6.42 Å². The van der Waals surface area contributed by atoms with Crippen molar-refractivity contribution in [2.24, 2.45) is 5.92 Å². The molecule has 0 radical (unpaired) electrons. The molecular weight excluding hydrogens is 305 g/mol. The maximum atomic E-state index is 14.6. The van der Waals surface area contributed by atoms with Crippen LogP contribution in [0.4, 0.5) is 4.39 Å². The lowest BCUT2D eigenvalue weighted by molar-refractivity contribution is 0.568. The molecule has 0 amide bonds. The number of nitrogens with zero attached hydrogens (tertiary/aromatic N) is 5. The fourth-order valence-corrected chi connectivity index (χ4v) is 3.15. The first-order valence-electron chi connectivity index (χ1n) is 8.30. The van der Waals surface area contributed by atoms with Gasteiger partial charge < -0.3 is 4.57 Å². The first-order chi connectivity index (χ1) is 11.5. The highest BCUT2D eigenvalue weighted by molar-refractivity contribution is 5.70. The van der Waals surface area contributed by atoms with E-state index in [0.29, 0.717) is 23.9 Å². The van der Waals surface area contributed by atoms with Crippen molar-refractivity contribution in [2.75, 3.05) is 0 Å². The van der Waals surface area contributed by atoms with Crippen LogP contribution in [-0.4, -0.2) is 24.3 Å². The zero-order valence-electron chi connectivity index (χ0n) is 14.1. The second-order valence-electron chi connectivity index (χ2n) is 6.72. The molecule has 0 bridgehead atoms. The summed E-state index contributed by atoms with van der Waals surface area (Å²) in [5.74, 6) is 1.68. The van der Waals surface area contributed by atoms with Gasteiger partial charge in [-0.05, 0) is 31.4 Å². The fraction of sp³-hybridized carbons (Fsp3) is 0.389. The summed E-state index contributed by atoms with van der Waals surface area (Å²) in [6.07, 6.45) is 3.57. The third-order valence-corrected chi connectivity index (χ3v) is 4.51. The van der Waals surface area contributed by atoms with Crippen LogP contribution >= 0.6 is 0 Å². The van der Waals surface area contributed by atoms with Crippen LogP contribution < -0.4 is 0 Å². The first-order valence-corrected chi connectivity index (χ1v) is 8.30. The zero-order valence-corrected chi connectivity index (χ0v) is 14.1. The van der Waals surface area contributed by atoms with Crippen LogP contribution in [0, 0.1) is 18.7 Å². The van der Waals surface area contributed by atoms with E-state index in [1.807, 2.05) is 22.2 Å². The van der Waals surface area contributed by atoms with Gasteiger partial charge in [-0.25, -0.2) is 19.0 Å². The lowest BCUT2D eigenvalue weighted by atomic mass is 10.1. The quantitative estimate of drug-likeness (QED) is 0.579. The number of halogens is 1. The fourth-order valence-electron chi connectivity index (χ4n) is 3.15. The Balaban J connectivity index is 1.90. The van der Waals surface area contributed by atoms with Gasteiger partial charge in [-0.2, -0.15) is 5.10 Å². The Morgan fingerprint density at radius 2 is 2.12 bits per heavy atom. The van der Waals surface area contributed by atoms with E-state index < -0.39 is 0 Å². The minimum atomic E-state index is -0.282. The molecule has 0 saturated heterocycles. The molecule has 1 aliphatic rings. The Hall–Kier alpha value is -2.50. The molecule has 124 valence electrons. The lowest BCUT2D eigenvalue weighted by Crippen LogP contribution is -2.06. The maximum absolute atomic E-state index is 14.6. The van der Waals surface area contributed by atoms with Crippen LogP contribution in [0.5, 0.6) is 0 Å². The molecule has 1 aromatic carbocycles. The largest absolute Gasteiger partial charge is 0.300 e. The van der Waals surface area contributed by atoms with Gasteiger partial charge in [-0.1, -0.05) is 19.9 Å². The van der Waals surface area contributed by atoms with Gasteiger partial charge in [0.15, 0.2) is 11.6 Å². The summed E-state index contributed by atoms with van der Waals surface area (Å²) in [7, 11) is 0. The Morgan fingerprint density at radius 3 is 2.92 bits per heavy atom. The smallest absolute Gasteiger partial charge is 0.163 e. The zero-order chi connectivity index (χ0) is 16.8. The van der Waals surface area contributed by atoms with Crippen LogP contribution in [-0.2, 0) is 13.0 Å². The van der Waals surface area contributed by atoms with Crippen molar-refractivity contribution < 1.29 is 4.39 Å². The normalized spacial score (nSPS) is 12.7. The van der Waals surface area contributed by atoms with Gasteiger partial charge in [-0.15, -0.1) is 0 Å². The number of imidazole rings is 1. The molecule has 0 aliphatic carbocycles. The molecule has 2 aromatic heterocycles. The second kappa shape index (κ2) is 5.54. The number of benzene rings is 1. The van der Waals surface area contributed by atoms with Crippen LogP contribution in [0.25, 0.3) is 17.1 Å². The summed E-state index contributed by atoms with van der Waals surface area (Å²) in [5.41, 5.74) is 3.21. The molecule has 3 aromatic rings. The highest BCUT2D eigenvalue weighted by atomic mass is 19.1. The molecule has 0 unspecified atom stereocenters. The van der Waals surface area contributed by atoms with Crippen LogP contribution in [0.15, 0.2) is 24.5 Å². The topological polar surface area (TPSA) is 48.5 Å². The van der Waals surface area contributed by atoms with Gasteiger partial charge in [0.05, 0.1) is 35.5 Å². The average Bonchev–Trinajstić information content (AvgIpc) is 3.07. The van der Waals surface area contributed by atoms with Crippen molar-refractivity contribution in [1.82, 2.24) is 24.3 Å². The first kappa shape index (κ1) is 15.1. The van der Waals surface area contributed by atoms with E-state index in [1.165, 1.54) is 6.07 Å². The van der Waals surface area contributed by atoms with E-state index in [9.17, 15) is 4.39 Å². The molecule has 24 heavy (non-hydrogen) atoms. The highest BCUT2D eigenvalue weighted by Gasteiger charge is 2.26.